The average Bonchev–Trinajstić information content (AvgIpc) is 2.71. The summed E-state index contributed by atoms with van der Waals surface area (Å²) in [6.45, 7) is 1.99. The normalized spacial score (nSPS) is 17.5. The molecular formula is C11H14O3. The lowest BCUT2D eigenvalue weighted by Crippen LogP contribution is -1.99. The van der Waals surface area contributed by atoms with Gasteiger partial charge in [0.1, 0.15) is 0 Å². The van der Waals surface area contributed by atoms with E-state index in [1.165, 1.54) is 0 Å². The van der Waals surface area contributed by atoms with Crippen molar-refractivity contribution in [2.24, 2.45) is 0 Å². The highest BCUT2D eigenvalue weighted by Crippen LogP contribution is 2.23. The maximum Gasteiger partial charge on any atom is 0.184 e. The molecule has 0 atom stereocenters. The third-order valence-electron chi connectivity index (χ3n) is 2.16. The first kappa shape index (κ1) is 9.65. The molecule has 0 aromatic heterocycles. The minimum atomic E-state index is -0.188. The molecule has 0 unspecified atom stereocenters. The van der Waals surface area contributed by atoms with Crippen LogP contribution in [-0.4, -0.2) is 20.3 Å². The third kappa shape index (κ3) is 2.12. The molecule has 1 fully saturated rings. The van der Waals surface area contributed by atoms with Crippen LogP contribution in [0.25, 0.3) is 0 Å². The molecule has 0 radical (unpaired) electrons. The number of ether oxygens (including phenoxy) is 3. The van der Waals surface area contributed by atoms with Gasteiger partial charge in [-0.15, -0.1) is 0 Å². The van der Waals surface area contributed by atoms with Crippen LogP contribution in [0.2, 0.25) is 0 Å². The molecule has 76 valence electrons. The van der Waals surface area contributed by atoms with Crippen LogP contribution in [0.15, 0.2) is 24.3 Å². The lowest BCUT2D eigenvalue weighted by atomic mass is 10.1. The summed E-state index contributed by atoms with van der Waals surface area (Å²) in [4.78, 5) is 0. The van der Waals surface area contributed by atoms with Crippen LogP contribution < -0.4 is 0 Å². The second kappa shape index (κ2) is 4.55. The van der Waals surface area contributed by atoms with Gasteiger partial charge in [0.05, 0.1) is 19.8 Å². The van der Waals surface area contributed by atoms with Gasteiger partial charge in [-0.25, -0.2) is 0 Å². The Bertz CT molecular complexity index is 292. The molecule has 1 aromatic rings. The van der Waals surface area contributed by atoms with E-state index in [-0.39, 0.29) is 6.29 Å². The highest BCUT2D eigenvalue weighted by Gasteiger charge is 2.17. The third-order valence-corrected chi connectivity index (χ3v) is 2.16. The second-order valence-corrected chi connectivity index (χ2v) is 3.25. The monoisotopic (exact) mass is 194 g/mol. The molecule has 0 spiro atoms. The highest BCUT2D eigenvalue weighted by molar-refractivity contribution is 5.24. The summed E-state index contributed by atoms with van der Waals surface area (Å²) >= 11 is 0. The van der Waals surface area contributed by atoms with Crippen molar-refractivity contribution in [3.8, 4) is 0 Å². The zero-order valence-corrected chi connectivity index (χ0v) is 8.23. The number of hydrogen-bond acceptors (Lipinski definition) is 3. The number of benzene rings is 1. The van der Waals surface area contributed by atoms with Crippen molar-refractivity contribution in [2.75, 3.05) is 20.3 Å². The molecule has 0 bridgehead atoms. The summed E-state index contributed by atoms with van der Waals surface area (Å²) < 4.78 is 15.9. The van der Waals surface area contributed by atoms with Crippen LogP contribution >= 0.6 is 0 Å². The molecular weight excluding hydrogens is 180 g/mol. The minimum absolute atomic E-state index is 0.188. The summed E-state index contributed by atoms with van der Waals surface area (Å²) in [6.07, 6.45) is -0.188. The standard InChI is InChI=1S/C11H14O3/c1-12-8-9-3-2-4-10(7-9)11-13-5-6-14-11/h2-4,7,11H,5-6,8H2,1H3. The molecule has 1 saturated heterocycles. The first-order valence-electron chi connectivity index (χ1n) is 4.71. The topological polar surface area (TPSA) is 27.7 Å². The summed E-state index contributed by atoms with van der Waals surface area (Å²) in [5, 5.41) is 0. The lowest BCUT2D eigenvalue weighted by molar-refractivity contribution is -0.0442. The van der Waals surface area contributed by atoms with E-state index in [0.717, 1.165) is 11.1 Å². The molecule has 14 heavy (non-hydrogen) atoms. The Morgan fingerprint density at radius 2 is 2.14 bits per heavy atom. The highest BCUT2D eigenvalue weighted by atomic mass is 16.7. The fraction of sp³-hybridized carbons (Fsp3) is 0.455. The fourth-order valence-electron chi connectivity index (χ4n) is 1.55. The summed E-state index contributed by atoms with van der Waals surface area (Å²) in [5.41, 5.74) is 2.21. The van der Waals surface area contributed by atoms with Crippen molar-refractivity contribution in [3.05, 3.63) is 35.4 Å². The van der Waals surface area contributed by atoms with E-state index < -0.39 is 0 Å². The lowest BCUT2D eigenvalue weighted by Gasteiger charge is -2.10. The van der Waals surface area contributed by atoms with E-state index in [1.54, 1.807) is 7.11 Å². The van der Waals surface area contributed by atoms with Crippen molar-refractivity contribution in [1.82, 2.24) is 0 Å². The van der Waals surface area contributed by atoms with E-state index in [4.69, 9.17) is 14.2 Å². The SMILES string of the molecule is COCc1cccc(C2OCCO2)c1. The molecule has 1 aliphatic heterocycles. The smallest absolute Gasteiger partial charge is 0.184 e. The van der Waals surface area contributed by atoms with Gasteiger partial charge in [0.25, 0.3) is 0 Å². The molecule has 0 aliphatic carbocycles. The zero-order chi connectivity index (χ0) is 9.80. The summed E-state index contributed by atoms with van der Waals surface area (Å²) in [6, 6.07) is 8.09. The van der Waals surface area contributed by atoms with Crippen LogP contribution in [0.4, 0.5) is 0 Å². The molecule has 3 heteroatoms. The average molecular weight is 194 g/mol. The first-order chi connectivity index (χ1) is 6.90. The molecule has 0 N–H and O–H groups in total. The number of rotatable bonds is 3. The first-order valence-corrected chi connectivity index (χ1v) is 4.71. The van der Waals surface area contributed by atoms with Crippen molar-refractivity contribution in [2.45, 2.75) is 12.9 Å². The van der Waals surface area contributed by atoms with Crippen LogP contribution in [0.1, 0.15) is 17.4 Å². The Morgan fingerprint density at radius 1 is 1.36 bits per heavy atom. The Balaban J connectivity index is 2.12. The van der Waals surface area contributed by atoms with E-state index >= 15 is 0 Å². The van der Waals surface area contributed by atoms with Crippen molar-refractivity contribution >= 4 is 0 Å². The molecule has 3 nitrogen and oxygen atoms in total. The molecule has 0 amide bonds. The predicted molar refractivity (Wildman–Crippen MR) is 51.8 cm³/mol. The van der Waals surface area contributed by atoms with Gasteiger partial charge in [-0.05, 0) is 11.6 Å². The van der Waals surface area contributed by atoms with E-state index in [1.807, 2.05) is 18.2 Å². The minimum Gasteiger partial charge on any atom is -0.380 e. The van der Waals surface area contributed by atoms with E-state index in [0.29, 0.717) is 19.8 Å². The van der Waals surface area contributed by atoms with E-state index in [9.17, 15) is 0 Å². The van der Waals surface area contributed by atoms with Gasteiger partial charge in [0, 0.05) is 12.7 Å². The molecule has 2 rings (SSSR count). The Morgan fingerprint density at radius 3 is 2.86 bits per heavy atom. The van der Waals surface area contributed by atoms with Gasteiger partial charge in [-0.2, -0.15) is 0 Å². The summed E-state index contributed by atoms with van der Waals surface area (Å²) in [5.74, 6) is 0. The second-order valence-electron chi connectivity index (χ2n) is 3.25. The zero-order valence-electron chi connectivity index (χ0n) is 8.23. The molecule has 1 heterocycles. The number of hydrogen-bond donors (Lipinski definition) is 0. The largest absolute Gasteiger partial charge is 0.380 e. The van der Waals surface area contributed by atoms with E-state index in [2.05, 4.69) is 6.07 Å². The Hall–Kier alpha value is -0.900. The van der Waals surface area contributed by atoms with Crippen molar-refractivity contribution in [3.63, 3.8) is 0 Å². The van der Waals surface area contributed by atoms with Gasteiger partial charge in [-0.3, -0.25) is 0 Å². The maximum atomic E-state index is 5.41. The molecule has 1 aliphatic rings. The van der Waals surface area contributed by atoms with Gasteiger partial charge in [0.2, 0.25) is 0 Å². The van der Waals surface area contributed by atoms with Gasteiger partial charge < -0.3 is 14.2 Å². The van der Waals surface area contributed by atoms with Gasteiger partial charge in [-0.1, -0.05) is 18.2 Å². The fourth-order valence-corrected chi connectivity index (χ4v) is 1.55. The molecule has 0 saturated carbocycles. The van der Waals surface area contributed by atoms with Crippen LogP contribution in [0, 0.1) is 0 Å². The van der Waals surface area contributed by atoms with Crippen molar-refractivity contribution < 1.29 is 14.2 Å². The van der Waals surface area contributed by atoms with Gasteiger partial charge in [0.15, 0.2) is 6.29 Å². The van der Waals surface area contributed by atoms with Gasteiger partial charge >= 0.3 is 0 Å². The van der Waals surface area contributed by atoms with Crippen LogP contribution in [0.3, 0.4) is 0 Å². The summed E-state index contributed by atoms with van der Waals surface area (Å²) in [7, 11) is 1.69. The Kier molecular flexibility index (Phi) is 3.14. The predicted octanol–water partition coefficient (Wildman–Crippen LogP) is 1.88. The van der Waals surface area contributed by atoms with Crippen molar-refractivity contribution in [1.29, 1.82) is 0 Å². The van der Waals surface area contributed by atoms with Crippen LogP contribution in [-0.2, 0) is 20.8 Å². The van der Waals surface area contributed by atoms with Crippen LogP contribution in [0.5, 0.6) is 0 Å². The quantitative estimate of drug-likeness (QED) is 0.735. The maximum absolute atomic E-state index is 5.41. The number of methoxy groups -OCH3 is 1. The molecule has 1 aromatic carbocycles. The Labute approximate surface area is 83.6 Å².